The summed E-state index contributed by atoms with van der Waals surface area (Å²) in [5.41, 5.74) is 8.15. The van der Waals surface area contributed by atoms with Gasteiger partial charge in [0.05, 0.1) is 0 Å². The molecule has 154 valence electrons. The summed E-state index contributed by atoms with van der Waals surface area (Å²) in [5, 5.41) is 0. The van der Waals surface area contributed by atoms with Crippen LogP contribution in [-0.4, -0.2) is 53.9 Å². The molecule has 0 spiro atoms. The molecule has 0 aliphatic carbocycles. The van der Waals surface area contributed by atoms with Gasteiger partial charge in [0.1, 0.15) is 11.8 Å². The molecule has 0 radical (unpaired) electrons. The third kappa shape index (κ3) is 5.15. The number of benzene rings is 2. The number of amides is 2. The fraction of sp³-hybridized carbons (Fsp3) is 0.391. The third-order valence-corrected chi connectivity index (χ3v) is 5.32. The second kappa shape index (κ2) is 9.56. The molecule has 1 saturated heterocycles. The Balaban J connectivity index is 1.51. The Morgan fingerprint density at radius 1 is 0.931 bits per heavy atom. The third-order valence-electron chi connectivity index (χ3n) is 5.32. The van der Waals surface area contributed by atoms with Crippen molar-refractivity contribution in [3.05, 3.63) is 65.7 Å². The summed E-state index contributed by atoms with van der Waals surface area (Å²) in [7, 11) is 0. The van der Waals surface area contributed by atoms with Gasteiger partial charge in [-0.15, -0.1) is 0 Å². The molecule has 6 nitrogen and oxygen atoms in total. The predicted octanol–water partition coefficient (Wildman–Crippen LogP) is 2.39. The standard InChI is InChI=1S/C23H29N3O3/c1-3-18-9-11-20(12-10-18)29-17(2)22(27)25-13-15-26(16-14-25)23(28)21(24)19-7-5-4-6-8-19/h4-12,17,21H,3,13-16,24H2,1-2H3. The molecule has 1 aliphatic heterocycles. The highest BCUT2D eigenvalue weighted by Gasteiger charge is 2.30. The minimum Gasteiger partial charge on any atom is -0.481 e. The highest BCUT2D eigenvalue weighted by atomic mass is 16.5. The molecule has 2 unspecified atom stereocenters. The van der Waals surface area contributed by atoms with Gasteiger partial charge in [-0.3, -0.25) is 9.59 Å². The number of hydrogen-bond acceptors (Lipinski definition) is 4. The van der Waals surface area contributed by atoms with Gasteiger partial charge in [0.25, 0.3) is 5.91 Å². The summed E-state index contributed by atoms with van der Waals surface area (Å²) in [6.45, 7) is 5.77. The Kier molecular flexibility index (Phi) is 6.88. The molecule has 1 fully saturated rings. The van der Waals surface area contributed by atoms with E-state index in [0.717, 1.165) is 12.0 Å². The second-order valence-corrected chi connectivity index (χ2v) is 7.30. The molecule has 2 N–H and O–H groups in total. The molecule has 3 rings (SSSR count). The first-order valence-corrected chi connectivity index (χ1v) is 10.1. The van der Waals surface area contributed by atoms with Crippen LogP contribution in [0.25, 0.3) is 0 Å². The Morgan fingerprint density at radius 3 is 2.03 bits per heavy atom. The van der Waals surface area contributed by atoms with Gasteiger partial charge in [-0.1, -0.05) is 49.4 Å². The lowest BCUT2D eigenvalue weighted by Crippen LogP contribution is -2.54. The minimum absolute atomic E-state index is 0.0657. The Hall–Kier alpha value is -2.86. The van der Waals surface area contributed by atoms with E-state index in [1.165, 1.54) is 5.56 Å². The van der Waals surface area contributed by atoms with Crippen molar-refractivity contribution in [1.82, 2.24) is 9.80 Å². The molecule has 29 heavy (non-hydrogen) atoms. The molecular formula is C23H29N3O3. The molecule has 2 atom stereocenters. The molecule has 0 bridgehead atoms. The predicted molar refractivity (Wildman–Crippen MR) is 112 cm³/mol. The molecule has 2 aromatic rings. The van der Waals surface area contributed by atoms with Gasteiger partial charge in [0.2, 0.25) is 5.91 Å². The SMILES string of the molecule is CCc1ccc(OC(C)C(=O)N2CCN(C(=O)C(N)c3ccccc3)CC2)cc1. The molecule has 2 aromatic carbocycles. The van der Waals surface area contributed by atoms with Gasteiger partial charge in [-0.05, 0) is 36.6 Å². The van der Waals surface area contributed by atoms with Crippen LogP contribution in [0, 0.1) is 0 Å². The van der Waals surface area contributed by atoms with Crippen LogP contribution in [-0.2, 0) is 16.0 Å². The quantitative estimate of drug-likeness (QED) is 0.815. The largest absolute Gasteiger partial charge is 0.481 e. The zero-order valence-electron chi connectivity index (χ0n) is 17.1. The van der Waals surface area contributed by atoms with Crippen molar-refractivity contribution < 1.29 is 14.3 Å². The number of nitrogens with zero attached hydrogens (tertiary/aromatic N) is 2. The zero-order chi connectivity index (χ0) is 20.8. The number of ether oxygens (including phenoxy) is 1. The second-order valence-electron chi connectivity index (χ2n) is 7.30. The summed E-state index contributed by atoms with van der Waals surface area (Å²) in [6, 6.07) is 16.5. The summed E-state index contributed by atoms with van der Waals surface area (Å²) in [6.07, 6.45) is 0.391. The van der Waals surface area contributed by atoms with E-state index in [1.807, 2.05) is 54.6 Å². The van der Waals surface area contributed by atoms with E-state index >= 15 is 0 Å². The number of carbonyl (C=O) groups is 2. The van der Waals surface area contributed by atoms with Gasteiger partial charge in [0.15, 0.2) is 6.10 Å². The lowest BCUT2D eigenvalue weighted by Gasteiger charge is -2.36. The van der Waals surface area contributed by atoms with Gasteiger partial charge in [-0.25, -0.2) is 0 Å². The highest BCUT2D eigenvalue weighted by molar-refractivity contribution is 5.84. The first kappa shape index (κ1) is 20.9. The van der Waals surface area contributed by atoms with Gasteiger partial charge in [-0.2, -0.15) is 0 Å². The lowest BCUT2D eigenvalue weighted by molar-refractivity contribution is -0.144. The summed E-state index contributed by atoms with van der Waals surface area (Å²) < 4.78 is 5.81. The van der Waals surface area contributed by atoms with E-state index in [4.69, 9.17) is 10.5 Å². The molecule has 0 saturated carbocycles. The van der Waals surface area contributed by atoms with Crippen molar-refractivity contribution in [2.24, 2.45) is 5.73 Å². The fourth-order valence-electron chi connectivity index (χ4n) is 3.46. The van der Waals surface area contributed by atoms with E-state index in [-0.39, 0.29) is 11.8 Å². The van der Waals surface area contributed by atoms with Crippen LogP contribution in [0.2, 0.25) is 0 Å². The van der Waals surface area contributed by atoms with E-state index in [1.54, 1.807) is 16.7 Å². The van der Waals surface area contributed by atoms with Crippen molar-refractivity contribution in [3.63, 3.8) is 0 Å². The topological polar surface area (TPSA) is 75.9 Å². The Morgan fingerprint density at radius 2 is 1.48 bits per heavy atom. The van der Waals surface area contributed by atoms with Crippen LogP contribution in [0.5, 0.6) is 5.75 Å². The summed E-state index contributed by atoms with van der Waals surface area (Å²) in [5.74, 6) is 0.512. The smallest absolute Gasteiger partial charge is 0.263 e. The van der Waals surface area contributed by atoms with Crippen LogP contribution < -0.4 is 10.5 Å². The molecule has 2 amide bonds. The molecule has 0 aromatic heterocycles. The van der Waals surface area contributed by atoms with Gasteiger partial charge in [0, 0.05) is 26.2 Å². The fourth-order valence-corrected chi connectivity index (χ4v) is 3.46. The molecule has 6 heteroatoms. The van der Waals surface area contributed by atoms with Crippen molar-refractivity contribution in [2.75, 3.05) is 26.2 Å². The van der Waals surface area contributed by atoms with Crippen LogP contribution in [0.1, 0.15) is 31.0 Å². The van der Waals surface area contributed by atoms with Crippen molar-refractivity contribution in [1.29, 1.82) is 0 Å². The van der Waals surface area contributed by atoms with E-state index in [0.29, 0.717) is 31.9 Å². The van der Waals surface area contributed by atoms with Crippen LogP contribution in [0.15, 0.2) is 54.6 Å². The molecular weight excluding hydrogens is 366 g/mol. The average Bonchev–Trinajstić information content (AvgIpc) is 2.78. The van der Waals surface area contributed by atoms with E-state index < -0.39 is 12.1 Å². The molecule has 1 aliphatic rings. The Labute approximate surface area is 172 Å². The summed E-state index contributed by atoms with van der Waals surface area (Å²) >= 11 is 0. The monoisotopic (exact) mass is 395 g/mol. The lowest BCUT2D eigenvalue weighted by atomic mass is 10.1. The van der Waals surface area contributed by atoms with Crippen LogP contribution >= 0.6 is 0 Å². The first-order chi connectivity index (χ1) is 14.0. The maximum Gasteiger partial charge on any atom is 0.263 e. The average molecular weight is 396 g/mol. The molecule has 1 heterocycles. The number of aryl methyl sites for hydroxylation is 1. The number of rotatable bonds is 6. The van der Waals surface area contributed by atoms with Gasteiger partial charge < -0.3 is 20.3 Å². The first-order valence-electron chi connectivity index (χ1n) is 10.1. The number of hydrogen-bond donors (Lipinski definition) is 1. The van der Waals surface area contributed by atoms with Crippen molar-refractivity contribution >= 4 is 11.8 Å². The maximum atomic E-state index is 12.7. The van der Waals surface area contributed by atoms with Gasteiger partial charge >= 0.3 is 0 Å². The summed E-state index contributed by atoms with van der Waals surface area (Å²) in [4.78, 5) is 28.9. The number of carbonyl (C=O) groups excluding carboxylic acids is 2. The van der Waals surface area contributed by atoms with Crippen LogP contribution in [0.4, 0.5) is 0 Å². The minimum atomic E-state index is -0.674. The Bertz CT molecular complexity index is 815. The van der Waals surface area contributed by atoms with Crippen LogP contribution in [0.3, 0.4) is 0 Å². The zero-order valence-corrected chi connectivity index (χ0v) is 17.1. The van der Waals surface area contributed by atoms with Crippen molar-refractivity contribution in [2.45, 2.75) is 32.4 Å². The number of piperazine rings is 1. The highest BCUT2D eigenvalue weighted by Crippen LogP contribution is 2.17. The maximum absolute atomic E-state index is 12.7. The number of nitrogens with two attached hydrogens (primary N) is 1. The van der Waals surface area contributed by atoms with Crippen molar-refractivity contribution in [3.8, 4) is 5.75 Å². The van der Waals surface area contributed by atoms with E-state index in [2.05, 4.69) is 6.92 Å². The normalized spacial score (nSPS) is 16.2. The van der Waals surface area contributed by atoms with E-state index in [9.17, 15) is 9.59 Å².